The number of benzene rings is 2. The summed E-state index contributed by atoms with van der Waals surface area (Å²) in [4.78, 5) is 14.5. The number of para-hydroxylation sites is 1. The summed E-state index contributed by atoms with van der Waals surface area (Å²) >= 11 is 0. The molecule has 0 N–H and O–H groups in total. The number of nitrogens with zero attached hydrogens (tertiary/aromatic N) is 5. The van der Waals surface area contributed by atoms with Gasteiger partial charge in [-0.25, -0.2) is 4.68 Å². The van der Waals surface area contributed by atoms with E-state index in [1.54, 1.807) is 23.7 Å². The lowest BCUT2D eigenvalue weighted by molar-refractivity contribution is 0.0944. The Hall–Kier alpha value is -3.57. The van der Waals surface area contributed by atoms with Crippen LogP contribution in [0.5, 0.6) is 5.75 Å². The monoisotopic (exact) mass is 537 g/mol. The second-order valence-electron chi connectivity index (χ2n) is 10.2. The van der Waals surface area contributed by atoms with Gasteiger partial charge in [0.2, 0.25) is 0 Å². The van der Waals surface area contributed by atoms with E-state index in [0.717, 1.165) is 42.1 Å². The summed E-state index contributed by atoms with van der Waals surface area (Å²) in [5.74, 6) is 0.529. The number of pyridine rings is 1. The molecule has 3 atom stereocenters. The molecule has 6 rings (SSSR count). The van der Waals surface area contributed by atoms with Crippen molar-refractivity contribution in [1.29, 1.82) is 0 Å². The van der Waals surface area contributed by atoms with Crippen molar-refractivity contribution in [3.05, 3.63) is 82.4 Å². The minimum Gasteiger partial charge on any atom is -0.486 e. The van der Waals surface area contributed by atoms with Crippen molar-refractivity contribution < 1.29 is 17.0 Å². The smallest absolute Gasteiger partial charge is 0.332 e. The van der Waals surface area contributed by atoms with Crippen LogP contribution in [0.2, 0.25) is 0 Å². The highest BCUT2D eigenvalue weighted by molar-refractivity contribution is 7.86. The number of aryl methyl sites for hydroxylation is 1. The highest BCUT2D eigenvalue weighted by Gasteiger charge is 2.41. The van der Waals surface area contributed by atoms with Gasteiger partial charge < -0.3 is 9.30 Å². The number of fused-ring (bicyclic) bond motifs is 3. The van der Waals surface area contributed by atoms with Crippen LogP contribution in [0.25, 0.3) is 10.9 Å². The maximum absolute atomic E-state index is 13.2. The zero-order chi connectivity index (χ0) is 26.4. The van der Waals surface area contributed by atoms with Gasteiger partial charge in [-0.15, -0.1) is 8.98 Å². The van der Waals surface area contributed by atoms with E-state index in [1.165, 1.54) is 18.2 Å². The molecule has 9 nitrogen and oxygen atoms in total. The Labute approximate surface area is 219 Å². The van der Waals surface area contributed by atoms with Gasteiger partial charge in [0.25, 0.3) is 5.56 Å². The Morgan fingerprint density at radius 3 is 2.45 bits per heavy atom. The molecule has 0 aliphatic carbocycles. The first-order valence-electron chi connectivity index (χ1n) is 12.7. The Morgan fingerprint density at radius 2 is 1.74 bits per heavy atom. The number of piperidine rings is 1. The number of rotatable bonds is 7. The molecule has 11 heteroatoms. The van der Waals surface area contributed by atoms with Gasteiger partial charge in [0.1, 0.15) is 18.1 Å². The lowest BCUT2D eigenvalue weighted by Crippen LogP contribution is -2.42. The zero-order valence-electron chi connectivity index (χ0n) is 20.9. The van der Waals surface area contributed by atoms with Gasteiger partial charge in [0.05, 0.1) is 22.7 Å². The number of ether oxygens (including phenoxy) is 1. The lowest BCUT2D eigenvalue weighted by atomic mass is 9.96. The van der Waals surface area contributed by atoms with Crippen LogP contribution in [-0.2, 0) is 30.4 Å². The third-order valence-corrected chi connectivity index (χ3v) is 8.69. The molecule has 2 aromatic carbocycles. The summed E-state index contributed by atoms with van der Waals surface area (Å²) in [6.45, 7) is 0.920. The van der Waals surface area contributed by atoms with E-state index in [2.05, 4.69) is 15.2 Å². The summed E-state index contributed by atoms with van der Waals surface area (Å²) in [5.41, 5.74) is 2.35. The first-order valence-corrected chi connectivity index (χ1v) is 14.1. The molecule has 4 aromatic rings. The van der Waals surface area contributed by atoms with Crippen LogP contribution >= 0.6 is 0 Å². The SMILES string of the molecule is Cn1c(=O)cc(OCc2cn(C3C[C@H]4CC[C@@H](C3)N4Cc3ccc(S(=O)(=O)F)cc3)nn2)c2ccccc21. The summed E-state index contributed by atoms with van der Waals surface area (Å²) in [5, 5.41) is 9.59. The summed E-state index contributed by atoms with van der Waals surface area (Å²) in [6, 6.07) is 16.2. The molecule has 1 unspecified atom stereocenters. The quantitative estimate of drug-likeness (QED) is 0.331. The second-order valence-corrected chi connectivity index (χ2v) is 11.5. The van der Waals surface area contributed by atoms with Gasteiger partial charge in [0, 0.05) is 37.1 Å². The van der Waals surface area contributed by atoms with Crippen molar-refractivity contribution in [2.75, 3.05) is 0 Å². The molecular formula is C27H28FN5O4S. The number of halogens is 1. The van der Waals surface area contributed by atoms with E-state index in [0.29, 0.717) is 30.1 Å². The summed E-state index contributed by atoms with van der Waals surface area (Å²) in [7, 11) is -2.94. The second kappa shape index (κ2) is 9.63. The molecule has 2 bridgehead atoms. The third kappa shape index (κ3) is 4.71. The molecule has 2 aliphatic rings. The van der Waals surface area contributed by atoms with Crippen LogP contribution in [0, 0.1) is 0 Å². The minimum atomic E-state index is -4.68. The molecule has 0 radical (unpaired) electrons. The van der Waals surface area contributed by atoms with Crippen LogP contribution in [-0.4, -0.2) is 45.0 Å². The van der Waals surface area contributed by atoms with Crippen LogP contribution in [0.3, 0.4) is 0 Å². The van der Waals surface area contributed by atoms with Crippen molar-refractivity contribution >= 4 is 21.1 Å². The van der Waals surface area contributed by atoms with E-state index in [9.17, 15) is 17.1 Å². The average Bonchev–Trinajstić information content (AvgIpc) is 3.46. The van der Waals surface area contributed by atoms with E-state index >= 15 is 0 Å². The average molecular weight is 538 g/mol. The molecule has 0 amide bonds. The Balaban J connectivity index is 1.11. The Bertz CT molecular complexity index is 1640. The fraction of sp³-hybridized carbons (Fsp3) is 0.370. The van der Waals surface area contributed by atoms with Crippen LogP contribution in [0.4, 0.5) is 3.89 Å². The van der Waals surface area contributed by atoms with E-state index in [1.807, 2.05) is 35.1 Å². The first-order chi connectivity index (χ1) is 18.3. The summed E-state index contributed by atoms with van der Waals surface area (Å²) in [6.07, 6.45) is 6.00. The minimum absolute atomic E-state index is 0.132. The molecule has 2 aliphatic heterocycles. The summed E-state index contributed by atoms with van der Waals surface area (Å²) < 4.78 is 45.0. The van der Waals surface area contributed by atoms with Gasteiger partial charge in [0.15, 0.2) is 0 Å². The number of hydrogen-bond acceptors (Lipinski definition) is 7. The predicted molar refractivity (Wildman–Crippen MR) is 139 cm³/mol. The highest BCUT2D eigenvalue weighted by Crippen LogP contribution is 2.41. The molecule has 2 fully saturated rings. The van der Waals surface area contributed by atoms with Gasteiger partial charge in [-0.2, -0.15) is 8.42 Å². The van der Waals surface area contributed by atoms with E-state index < -0.39 is 10.2 Å². The maximum Gasteiger partial charge on any atom is 0.332 e. The molecule has 2 aromatic heterocycles. The number of aromatic nitrogens is 4. The fourth-order valence-corrected chi connectivity index (χ4v) is 6.36. The van der Waals surface area contributed by atoms with Crippen LogP contribution in [0.15, 0.2) is 70.5 Å². The van der Waals surface area contributed by atoms with Crippen LogP contribution in [0.1, 0.15) is 43.0 Å². The third-order valence-electron chi connectivity index (χ3n) is 7.85. The topological polar surface area (TPSA) is 99.3 Å². The Morgan fingerprint density at radius 1 is 1.03 bits per heavy atom. The van der Waals surface area contributed by atoms with Crippen molar-refractivity contribution in [3.63, 3.8) is 0 Å². The lowest BCUT2D eigenvalue weighted by Gasteiger charge is -2.38. The van der Waals surface area contributed by atoms with Gasteiger partial charge in [-0.1, -0.05) is 29.5 Å². The first kappa shape index (κ1) is 24.7. The molecule has 38 heavy (non-hydrogen) atoms. The molecule has 198 valence electrons. The van der Waals surface area contributed by atoms with Gasteiger partial charge in [-0.3, -0.25) is 9.69 Å². The van der Waals surface area contributed by atoms with Gasteiger partial charge in [-0.05, 0) is 55.5 Å². The standard InChI is InChI=1S/C27H28FN5O4S/c1-31-25-5-3-2-4-24(25)26(14-27(31)34)37-17-19-16-33(30-29-19)22-12-20-8-9-21(13-22)32(20)15-18-6-10-23(11-7-18)38(28,35)36/h2-7,10-11,14,16,20-22H,8-9,12-13,15,17H2,1H3/t20-,21+,22?. The largest absolute Gasteiger partial charge is 0.486 e. The van der Waals surface area contributed by atoms with Crippen molar-refractivity contribution in [1.82, 2.24) is 24.5 Å². The molecule has 0 spiro atoms. The maximum atomic E-state index is 13.2. The normalized spacial score (nSPS) is 21.7. The Kier molecular flexibility index (Phi) is 6.27. The molecule has 4 heterocycles. The van der Waals surface area contributed by atoms with Crippen LogP contribution < -0.4 is 10.3 Å². The molecule has 0 saturated carbocycles. The van der Waals surface area contributed by atoms with Crippen molar-refractivity contribution in [2.45, 2.75) is 61.9 Å². The van der Waals surface area contributed by atoms with E-state index in [-0.39, 0.29) is 23.1 Å². The highest BCUT2D eigenvalue weighted by atomic mass is 32.3. The fourth-order valence-electron chi connectivity index (χ4n) is 5.90. The predicted octanol–water partition coefficient (Wildman–Crippen LogP) is 3.74. The molecule has 2 saturated heterocycles. The van der Waals surface area contributed by atoms with E-state index in [4.69, 9.17) is 4.74 Å². The molecular weight excluding hydrogens is 509 g/mol. The zero-order valence-corrected chi connectivity index (χ0v) is 21.7. The number of hydrogen-bond donors (Lipinski definition) is 0. The van der Waals surface area contributed by atoms with Crippen molar-refractivity contribution in [2.24, 2.45) is 7.05 Å². The van der Waals surface area contributed by atoms with Gasteiger partial charge >= 0.3 is 10.2 Å². The van der Waals surface area contributed by atoms with Crippen molar-refractivity contribution in [3.8, 4) is 5.75 Å².